The summed E-state index contributed by atoms with van der Waals surface area (Å²) in [6, 6.07) is 10.0. The fourth-order valence-corrected chi connectivity index (χ4v) is 2.66. The van der Waals surface area contributed by atoms with Gasteiger partial charge in [-0.25, -0.2) is 4.79 Å². The van der Waals surface area contributed by atoms with Crippen LogP contribution in [-0.4, -0.2) is 61.3 Å². The molecule has 0 radical (unpaired) electrons. The smallest absolute Gasteiger partial charge is 0.408 e. The number of carbonyl (C=O) groups excluding carboxylic acids is 1. The summed E-state index contributed by atoms with van der Waals surface area (Å²) in [6.45, 7) is 10.6. The molecule has 1 aromatic rings. The minimum Gasteiger partial charge on any atom is -0.444 e. The van der Waals surface area contributed by atoms with E-state index in [0.29, 0.717) is 0 Å². The third kappa shape index (κ3) is 6.20. The number of alkyl carbamates (subject to hydrolysis) is 1. The van der Waals surface area contributed by atoms with Gasteiger partial charge in [0.2, 0.25) is 0 Å². The van der Waals surface area contributed by atoms with Crippen molar-refractivity contribution in [2.75, 3.05) is 39.8 Å². The zero-order valence-corrected chi connectivity index (χ0v) is 14.7. The maximum Gasteiger partial charge on any atom is 0.408 e. The van der Waals surface area contributed by atoms with Gasteiger partial charge in [-0.2, -0.15) is 0 Å². The molecule has 1 heterocycles. The number of nitrogens with one attached hydrogen (secondary N) is 1. The highest BCUT2D eigenvalue weighted by molar-refractivity contribution is 5.68. The number of likely N-dealkylation sites (N-methyl/N-ethyl adjacent to an activating group) is 1. The van der Waals surface area contributed by atoms with Crippen LogP contribution in [0.5, 0.6) is 0 Å². The average Bonchev–Trinajstić information content (AvgIpc) is 2.48. The van der Waals surface area contributed by atoms with Gasteiger partial charge in [-0.05, 0) is 33.4 Å². The normalized spacial score (nSPS) is 18.4. The van der Waals surface area contributed by atoms with Crippen molar-refractivity contribution in [2.45, 2.75) is 32.4 Å². The van der Waals surface area contributed by atoms with E-state index in [0.717, 1.165) is 38.3 Å². The van der Waals surface area contributed by atoms with Gasteiger partial charge in [-0.15, -0.1) is 0 Å². The first-order chi connectivity index (χ1) is 10.8. The van der Waals surface area contributed by atoms with Gasteiger partial charge in [-0.3, -0.25) is 4.90 Å². The molecular weight excluding hydrogens is 290 g/mol. The van der Waals surface area contributed by atoms with E-state index in [1.807, 2.05) is 39.0 Å². The van der Waals surface area contributed by atoms with Gasteiger partial charge < -0.3 is 15.0 Å². The molecule has 0 spiro atoms. The van der Waals surface area contributed by atoms with Crippen LogP contribution < -0.4 is 5.32 Å². The van der Waals surface area contributed by atoms with E-state index in [4.69, 9.17) is 4.74 Å². The quantitative estimate of drug-likeness (QED) is 0.926. The highest BCUT2D eigenvalue weighted by Crippen LogP contribution is 2.17. The van der Waals surface area contributed by atoms with Crippen molar-refractivity contribution in [3.05, 3.63) is 35.9 Å². The van der Waals surface area contributed by atoms with E-state index in [2.05, 4.69) is 34.3 Å². The molecule has 23 heavy (non-hydrogen) atoms. The van der Waals surface area contributed by atoms with Gasteiger partial charge in [0, 0.05) is 32.7 Å². The summed E-state index contributed by atoms with van der Waals surface area (Å²) in [5.41, 5.74) is 0.622. The Kier molecular flexibility index (Phi) is 6.02. The third-order valence-electron chi connectivity index (χ3n) is 3.93. The Balaban J connectivity index is 2.02. The zero-order chi connectivity index (χ0) is 16.9. The highest BCUT2D eigenvalue weighted by atomic mass is 16.6. The van der Waals surface area contributed by atoms with E-state index >= 15 is 0 Å². The Morgan fingerprint density at radius 3 is 2.35 bits per heavy atom. The largest absolute Gasteiger partial charge is 0.444 e. The summed E-state index contributed by atoms with van der Waals surface area (Å²) < 4.78 is 5.42. The minimum atomic E-state index is -0.487. The molecule has 0 aromatic heterocycles. The Labute approximate surface area is 139 Å². The monoisotopic (exact) mass is 319 g/mol. The lowest BCUT2D eigenvalue weighted by Gasteiger charge is -2.35. The molecule has 0 aliphatic carbocycles. The Hall–Kier alpha value is -1.59. The van der Waals surface area contributed by atoms with Gasteiger partial charge in [0.25, 0.3) is 0 Å². The van der Waals surface area contributed by atoms with Crippen LogP contribution in [0.1, 0.15) is 32.4 Å². The first-order valence-corrected chi connectivity index (χ1v) is 8.29. The Bertz CT molecular complexity index is 491. The molecule has 1 amide bonds. The molecule has 128 valence electrons. The van der Waals surface area contributed by atoms with Crippen LogP contribution in [-0.2, 0) is 4.74 Å². The number of hydrogen-bond donors (Lipinski definition) is 1. The van der Waals surface area contributed by atoms with Crippen molar-refractivity contribution >= 4 is 6.09 Å². The molecule has 1 N–H and O–H groups in total. The highest BCUT2D eigenvalue weighted by Gasteiger charge is 2.23. The van der Waals surface area contributed by atoms with E-state index in [-0.39, 0.29) is 12.1 Å². The number of piperazine rings is 1. The summed E-state index contributed by atoms with van der Waals surface area (Å²) in [7, 11) is 2.14. The Morgan fingerprint density at radius 2 is 1.78 bits per heavy atom. The Morgan fingerprint density at radius 1 is 1.17 bits per heavy atom. The van der Waals surface area contributed by atoms with Crippen LogP contribution in [0, 0.1) is 0 Å². The second-order valence-electron chi connectivity index (χ2n) is 7.21. The van der Waals surface area contributed by atoms with Gasteiger partial charge in [0.15, 0.2) is 0 Å². The van der Waals surface area contributed by atoms with Crippen LogP contribution in [0.2, 0.25) is 0 Å². The maximum atomic E-state index is 12.2. The zero-order valence-electron chi connectivity index (χ0n) is 14.7. The van der Waals surface area contributed by atoms with Gasteiger partial charge in [-0.1, -0.05) is 30.3 Å². The number of rotatable bonds is 4. The third-order valence-corrected chi connectivity index (χ3v) is 3.93. The summed E-state index contributed by atoms with van der Waals surface area (Å²) in [4.78, 5) is 16.9. The number of nitrogens with zero attached hydrogens (tertiary/aromatic N) is 2. The number of hydrogen-bond acceptors (Lipinski definition) is 4. The second-order valence-corrected chi connectivity index (χ2v) is 7.21. The summed E-state index contributed by atoms with van der Waals surface area (Å²) in [5, 5.41) is 3.03. The molecule has 1 aromatic carbocycles. The van der Waals surface area contributed by atoms with Crippen molar-refractivity contribution in [3.8, 4) is 0 Å². The molecule has 0 bridgehead atoms. The molecule has 1 saturated heterocycles. The molecule has 5 heteroatoms. The van der Waals surface area contributed by atoms with Crippen LogP contribution in [0.4, 0.5) is 4.79 Å². The van der Waals surface area contributed by atoms with Crippen molar-refractivity contribution in [1.82, 2.24) is 15.1 Å². The van der Waals surface area contributed by atoms with E-state index in [1.54, 1.807) is 0 Å². The van der Waals surface area contributed by atoms with E-state index < -0.39 is 5.60 Å². The maximum absolute atomic E-state index is 12.2. The molecule has 0 saturated carbocycles. The predicted molar refractivity (Wildman–Crippen MR) is 92.5 cm³/mol. The van der Waals surface area contributed by atoms with Crippen LogP contribution in [0.25, 0.3) is 0 Å². The molecule has 1 aliphatic heterocycles. The fraction of sp³-hybridized carbons (Fsp3) is 0.611. The van der Waals surface area contributed by atoms with Crippen molar-refractivity contribution in [1.29, 1.82) is 0 Å². The molecule has 1 unspecified atom stereocenters. The number of amides is 1. The number of ether oxygens (including phenoxy) is 1. The lowest BCUT2D eigenvalue weighted by atomic mass is 10.1. The van der Waals surface area contributed by atoms with Crippen LogP contribution >= 0.6 is 0 Å². The number of carbonyl (C=O) groups is 1. The summed E-state index contributed by atoms with van der Waals surface area (Å²) in [6.07, 6.45) is -0.361. The second kappa shape index (κ2) is 7.79. The first-order valence-electron chi connectivity index (χ1n) is 8.29. The summed E-state index contributed by atoms with van der Waals surface area (Å²) in [5.74, 6) is 0. The topological polar surface area (TPSA) is 44.8 Å². The van der Waals surface area contributed by atoms with Gasteiger partial charge in [0.1, 0.15) is 5.60 Å². The molecule has 1 aliphatic rings. The molecule has 5 nitrogen and oxygen atoms in total. The van der Waals surface area contributed by atoms with Crippen molar-refractivity contribution in [3.63, 3.8) is 0 Å². The molecule has 1 atom stereocenters. The van der Waals surface area contributed by atoms with Crippen molar-refractivity contribution in [2.24, 2.45) is 0 Å². The van der Waals surface area contributed by atoms with E-state index in [1.165, 1.54) is 0 Å². The fourth-order valence-electron chi connectivity index (χ4n) is 2.66. The average molecular weight is 319 g/mol. The standard InChI is InChI=1S/C18H29N3O2/c1-18(2,3)23-17(22)19-16(15-8-6-5-7-9-15)14-21-12-10-20(4)11-13-21/h5-9,16H,10-14H2,1-4H3,(H,19,22). The SMILES string of the molecule is CN1CCN(CC(NC(=O)OC(C)(C)C)c2ccccc2)CC1. The van der Waals surface area contributed by atoms with Crippen molar-refractivity contribution < 1.29 is 9.53 Å². The van der Waals surface area contributed by atoms with Crippen LogP contribution in [0.3, 0.4) is 0 Å². The van der Waals surface area contributed by atoms with Gasteiger partial charge >= 0.3 is 6.09 Å². The molecule has 1 fully saturated rings. The lowest BCUT2D eigenvalue weighted by molar-refractivity contribution is 0.0481. The molecular formula is C18H29N3O2. The lowest BCUT2D eigenvalue weighted by Crippen LogP contribution is -2.48. The first kappa shape index (κ1) is 17.8. The number of benzene rings is 1. The minimum absolute atomic E-state index is 0.0607. The summed E-state index contributed by atoms with van der Waals surface area (Å²) >= 11 is 0. The van der Waals surface area contributed by atoms with Gasteiger partial charge in [0.05, 0.1) is 6.04 Å². The predicted octanol–water partition coefficient (Wildman–Crippen LogP) is 2.50. The van der Waals surface area contributed by atoms with E-state index in [9.17, 15) is 4.79 Å². The van der Waals surface area contributed by atoms with Crippen LogP contribution in [0.15, 0.2) is 30.3 Å². The molecule has 2 rings (SSSR count).